The van der Waals surface area contributed by atoms with Gasteiger partial charge < -0.3 is 52.3 Å². The summed E-state index contributed by atoms with van der Waals surface area (Å²) in [5, 5.41) is 7.12. The van der Waals surface area contributed by atoms with E-state index in [-0.39, 0.29) is 18.2 Å². The van der Waals surface area contributed by atoms with Gasteiger partial charge >= 0.3 is 8.80 Å². The van der Waals surface area contributed by atoms with Crippen LogP contribution in [-0.4, -0.2) is 110 Å². The summed E-state index contributed by atoms with van der Waals surface area (Å²) in [6.07, 6.45) is 0.472. The maximum absolute atomic E-state index is 6.08. The van der Waals surface area contributed by atoms with Crippen molar-refractivity contribution in [2.45, 2.75) is 90.8 Å². The second-order valence-corrected chi connectivity index (χ2v) is 13.3. The van der Waals surface area contributed by atoms with Gasteiger partial charge in [0.1, 0.15) is 12.2 Å². The Morgan fingerprint density at radius 2 is 1.24 bits per heavy atom. The molecule has 0 aromatic heterocycles. The van der Waals surface area contributed by atoms with Gasteiger partial charge in [-0.25, -0.2) is 0 Å². The molecule has 38 heavy (non-hydrogen) atoms. The molecule has 224 valence electrons. The average Bonchev–Trinajstić information content (AvgIpc) is 2.85. The van der Waals surface area contributed by atoms with Crippen molar-refractivity contribution < 1.29 is 41.7 Å². The van der Waals surface area contributed by atoms with Crippen molar-refractivity contribution in [1.82, 2.24) is 10.6 Å². The number of thiocarbonyl (C=S) groups is 1. The minimum atomic E-state index is -2.68. The highest BCUT2D eigenvalue weighted by molar-refractivity contribution is 7.80. The van der Waals surface area contributed by atoms with Gasteiger partial charge in [0.05, 0.1) is 45.7 Å². The molecule has 0 aromatic carbocycles. The fourth-order valence-corrected chi connectivity index (χ4v) is 6.81. The zero-order valence-electron chi connectivity index (χ0n) is 24.3. The lowest BCUT2D eigenvalue weighted by Crippen LogP contribution is -2.51. The molecule has 0 saturated carbocycles. The average molecular weight is 583 g/mol. The van der Waals surface area contributed by atoms with Gasteiger partial charge in [-0.05, 0) is 67.1 Å². The van der Waals surface area contributed by atoms with Crippen LogP contribution in [-0.2, 0) is 41.7 Å². The summed E-state index contributed by atoms with van der Waals surface area (Å²) in [5.41, 5.74) is 0. The van der Waals surface area contributed by atoms with Crippen molar-refractivity contribution in [3.05, 3.63) is 0 Å². The van der Waals surface area contributed by atoms with Crippen molar-refractivity contribution in [3.8, 4) is 0 Å². The maximum atomic E-state index is 6.08. The van der Waals surface area contributed by atoms with E-state index in [4.69, 9.17) is 53.9 Å². The molecule has 0 aromatic rings. The lowest BCUT2D eigenvalue weighted by Gasteiger charge is -2.36. The molecule has 2 fully saturated rings. The summed E-state index contributed by atoms with van der Waals surface area (Å²) in [5.74, 6) is -1.18. The smallest absolute Gasteiger partial charge is 0.374 e. The predicted octanol–water partition coefficient (Wildman–Crippen LogP) is 2.59. The van der Waals surface area contributed by atoms with Gasteiger partial charge in [-0.15, -0.1) is 0 Å². The summed E-state index contributed by atoms with van der Waals surface area (Å²) in [7, 11) is -2.68. The Kier molecular flexibility index (Phi) is 14.9. The number of hydrogen-bond acceptors (Lipinski definition) is 10. The second kappa shape index (κ2) is 16.7. The normalized spacial score (nSPS) is 20.5. The van der Waals surface area contributed by atoms with E-state index in [1.165, 1.54) is 0 Å². The molecule has 2 aliphatic heterocycles. The third-order valence-corrected chi connectivity index (χ3v) is 9.32. The lowest BCUT2D eigenvalue weighted by atomic mass is 10.2. The van der Waals surface area contributed by atoms with Crippen LogP contribution in [0.1, 0.15) is 54.9 Å². The summed E-state index contributed by atoms with van der Waals surface area (Å²) >= 11 is 5.58. The number of rotatable bonds is 17. The van der Waals surface area contributed by atoms with Crippen LogP contribution in [0.2, 0.25) is 6.04 Å². The number of ether oxygens (including phenoxy) is 6. The standard InChI is InChI=1S/C25H50N2O9SSi/c1-8-34-38(35-9-2,36-10-3)13-11-12-26-23(37)27-20(14-28-21-16-30-24(4,5)31-17-21)15-29-22-18-32-25(6,7)33-19-22/h20-22H,8-19H2,1-7H3,(H2,26,27,37). The summed E-state index contributed by atoms with van der Waals surface area (Å²) in [4.78, 5) is 0. The van der Waals surface area contributed by atoms with Crippen molar-refractivity contribution in [2.24, 2.45) is 0 Å². The van der Waals surface area contributed by atoms with E-state index in [2.05, 4.69) is 10.6 Å². The van der Waals surface area contributed by atoms with E-state index < -0.39 is 20.4 Å². The fraction of sp³-hybridized carbons (Fsp3) is 0.960. The molecule has 0 radical (unpaired) electrons. The van der Waals surface area contributed by atoms with Crippen molar-refractivity contribution in [3.63, 3.8) is 0 Å². The predicted molar refractivity (Wildman–Crippen MR) is 149 cm³/mol. The Bertz CT molecular complexity index is 620. The molecular weight excluding hydrogens is 532 g/mol. The van der Waals surface area contributed by atoms with Crippen LogP contribution in [0.4, 0.5) is 0 Å². The monoisotopic (exact) mass is 582 g/mol. The highest BCUT2D eigenvalue weighted by Gasteiger charge is 2.39. The molecular formula is C25H50N2O9SSi. The zero-order chi connectivity index (χ0) is 28.1. The van der Waals surface area contributed by atoms with Crippen LogP contribution >= 0.6 is 12.2 Å². The largest absolute Gasteiger partial charge is 0.500 e. The second-order valence-electron chi connectivity index (χ2n) is 10.1. The third-order valence-electron chi connectivity index (χ3n) is 5.91. The molecule has 0 spiro atoms. The van der Waals surface area contributed by atoms with E-state index in [1.54, 1.807) is 0 Å². The van der Waals surface area contributed by atoms with E-state index >= 15 is 0 Å². The minimum absolute atomic E-state index is 0.162. The molecule has 11 nitrogen and oxygen atoms in total. The summed E-state index contributed by atoms with van der Waals surface area (Å²) in [6.45, 7) is 18.4. The van der Waals surface area contributed by atoms with Crippen molar-refractivity contribution in [2.75, 3.05) is 66.0 Å². The quantitative estimate of drug-likeness (QED) is 0.150. The molecule has 0 aliphatic carbocycles. The van der Waals surface area contributed by atoms with Gasteiger partial charge in [-0.3, -0.25) is 0 Å². The molecule has 0 amide bonds. The van der Waals surface area contributed by atoms with E-state index in [1.807, 2.05) is 48.5 Å². The van der Waals surface area contributed by atoms with Crippen LogP contribution in [0, 0.1) is 0 Å². The fourth-order valence-electron chi connectivity index (χ4n) is 3.93. The van der Waals surface area contributed by atoms with Gasteiger partial charge in [0.2, 0.25) is 0 Å². The van der Waals surface area contributed by atoms with Crippen LogP contribution in [0.5, 0.6) is 0 Å². The first-order valence-corrected chi connectivity index (χ1v) is 16.1. The van der Waals surface area contributed by atoms with Crippen LogP contribution in [0.3, 0.4) is 0 Å². The Balaban J connectivity index is 1.83. The number of hydrogen-bond donors (Lipinski definition) is 2. The number of nitrogens with one attached hydrogen (secondary N) is 2. The topological polar surface area (TPSA) is 107 Å². The first-order chi connectivity index (χ1) is 18.0. The lowest BCUT2D eigenvalue weighted by molar-refractivity contribution is -0.283. The van der Waals surface area contributed by atoms with Gasteiger partial charge in [-0.1, -0.05) is 0 Å². The summed E-state index contributed by atoms with van der Waals surface area (Å²) in [6, 6.07) is 0.521. The van der Waals surface area contributed by atoms with Crippen LogP contribution in [0.15, 0.2) is 0 Å². The minimum Gasteiger partial charge on any atom is -0.374 e. The van der Waals surface area contributed by atoms with E-state index in [9.17, 15) is 0 Å². The molecule has 2 N–H and O–H groups in total. The highest BCUT2D eigenvalue weighted by atomic mass is 32.1. The first-order valence-electron chi connectivity index (χ1n) is 13.8. The van der Waals surface area contributed by atoms with Crippen LogP contribution < -0.4 is 10.6 Å². The van der Waals surface area contributed by atoms with Crippen molar-refractivity contribution in [1.29, 1.82) is 0 Å². The van der Waals surface area contributed by atoms with Gasteiger partial charge in [0.15, 0.2) is 16.7 Å². The molecule has 2 heterocycles. The first kappa shape index (κ1) is 33.8. The Morgan fingerprint density at radius 1 is 0.816 bits per heavy atom. The molecule has 2 saturated heterocycles. The van der Waals surface area contributed by atoms with Crippen LogP contribution in [0.25, 0.3) is 0 Å². The van der Waals surface area contributed by atoms with Gasteiger partial charge in [0.25, 0.3) is 0 Å². The zero-order valence-corrected chi connectivity index (χ0v) is 26.1. The Hall–Kier alpha value is -0.453. The molecule has 2 aliphatic rings. The Morgan fingerprint density at radius 3 is 1.63 bits per heavy atom. The molecule has 0 atom stereocenters. The van der Waals surface area contributed by atoms with Gasteiger partial charge in [-0.2, -0.15) is 0 Å². The Labute approximate surface area is 235 Å². The maximum Gasteiger partial charge on any atom is 0.500 e. The SMILES string of the molecule is CCO[Si](CCCNC(=S)NC(COC1COC(C)(C)OC1)COC1COC(C)(C)OC1)(OCC)OCC. The van der Waals surface area contributed by atoms with Gasteiger partial charge in [0, 0.05) is 32.4 Å². The molecule has 0 unspecified atom stereocenters. The van der Waals surface area contributed by atoms with Crippen molar-refractivity contribution >= 4 is 26.1 Å². The molecule has 13 heteroatoms. The third kappa shape index (κ3) is 12.8. The molecule has 2 rings (SSSR count). The highest BCUT2D eigenvalue weighted by Crippen LogP contribution is 2.20. The van der Waals surface area contributed by atoms with E-state index in [0.717, 1.165) is 6.42 Å². The van der Waals surface area contributed by atoms with E-state index in [0.29, 0.717) is 77.2 Å². The summed E-state index contributed by atoms with van der Waals surface area (Å²) < 4.78 is 52.8. The molecule has 0 bridgehead atoms.